The maximum atomic E-state index is 10.9. The molecule has 94 valence electrons. The quantitative estimate of drug-likeness (QED) is 0.796. The number of aldehydes is 1. The number of ether oxygens (including phenoxy) is 1. The molecular formula is C13H19NO3. The van der Waals surface area contributed by atoms with Gasteiger partial charge in [0, 0.05) is 6.54 Å². The van der Waals surface area contributed by atoms with Crippen LogP contribution in [0.5, 0.6) is 11.5 Å². The van der Waals surface area contributed by atoms with E-state index in [2.05, 4.69) is 0 Å². The van der Waals surface area contributed by atoms with E-state index in [4.69, 9.17) is 4.74 Å². The van der Waals surface area contributed by atoms with Gasteiger partial charge in [0.25, 0.3) is 0 Å². The Labute approximate surface area is 102 Å². The van der Waals surface area contributed by atoms with Crippen LogP contribution in [0.2, 0.25) is 0 Å². The van der Waals surface area contributed by atoms with Gasteiger partial charge in [0.2, 0.25) is 0 Å². The Kier molecular flexibility index (Phi) is 4.52. The highest BCUT2D eigenvalue weighted by molar-refractivity contribution is 5.81. The predicted octanol–water partition coefficient (Wildman–Crippen LogP) is 2.05. The maximum absolute atomic E-state index is 10.9. The van der Waals surface area contributed by atoms with Gasteiger partial charge in [-0.3, -0.25) is 4.79 Å². The fraction of sp³-hybridized carbons (Fsp3) is 0.462. The summed E-state index contributed by atoms with van der Waals surface area (Å²) in [5, 5.41) is 9.83. The SMILES string of the molecule is CC(C)Oc1cc(CN(C)C)cc(C=O)c1O. The Balaban J connectivity index is 3.13. The molecule has 1 rings (SSSR count). The second-order valence-corrected chi connectivity index (χ2v) is 4.55. The van der Waals surface area contributed by atoms with Crippen LogP contribution in [0.4, 0.5) is 0 Å². The molecule has 4 nitrogen and oxygen atoms in total. The van der Waals surface area contributed by atoms with E-state index in [-0.39, 0.29) is 17.4 Å². The van der Waals surface area contributed by atoms with E-state index in [1.54, 1.807) is 12.1 Å². The third-order valence-corrected chi connectivity index (χ3v) is 2.15. The third-order valence-electron chi connectivity index (χ3n) is 2.15. The molecule has 1 aromatic carbocycles. The van der Waals surface area contributed by atoms with Crippen LogP contribution in [0.3, 0.4) is 0 Å². The molecule has 0 bridgehead atoms. The molecular weight excluding hydrogens is 218 g/mol. The standard InChI is InChI=1S/C13H19NO3/c1-9(2)17-12-6-10(7-14(3)4)5-11(8-15)13(12)16/h5-6,8-9,16H,7H2,1-4H3. The van der Waals surface area contributed by atoms with Crippen molar-refractivity contribution in [1.29, 1.82) is 0 Å². The summed E-state index contributed by atoms with van der Waals surface area (Å²) in [4.78, 5) is 12.9. The summed E-state index contributed by atoms with van der Waals surface area (Å²) < 4.78 is 5.48. The van der Waals surface area contributed by atoms with Crippen molar-refractivity contribution in [2.45, 2.75) is 26.5 Å². The normalized spacial score (nSPS) is 10.9. The van der Waals surface area contributed by atoms with Crippen molar-refractivity contribution in [1.82, 2.24) is 4.90 Å². The Morgan fingerprint density at radius 2 is 2.06 bits per heavy atom. The van der Waals surface area contributed by atoms with Crippen LogP contribution in [0.25, 0.3) is 0 Å². The van der Waals surface area contributed by atoms with Crippen LogP contribution in [0.1, 0.15) is 29.8 Å². The lowest BCUT2D eigenvalue weighted by Gasteiger charge is -2.16. The van der Waals surface area contributed by atoms with Crippen molar-refractivity contribution >= 4 is 6.29 Å². The molecule has 0 fully saturated rings. The average Bonchev–Trinajstić information content (AvgIpc) is 2.21. The van der Waals surface area contributed by atoms with Crippen LogP contribution in [0.15, 0.2) is 12.1 Å². The molecule has 0 unspecified atom stereocenters. The topological polar surface area (TPSA) is 49.8 Å². The summed E-state index contributed by atoms with van der Waals surface area (Å²) in [6.07, 6.45) is 0.594. The van der Waals surface area contributed by atoms with Gasteiger partial charge in [-0.2, -0.15) is 0 Å². The molecule has 1 aromatic rings. The fourth-order valence-corrected chi connectivity index (χ4v) is 1.58. The summed E-state index contributed by atoms with van der Waals surface area (Å²) in [5.74, 6) is 0.276. The highest BCUT2D eigenvalue weighted by Crippen LogP contribution is 2.31. The van der Waals surface area contributed by atoms with Gasteiger partial charge in [-0.15, -0.1) is 0 Å². The van der Waals surface area contributed by atoms with Gasteiger partial charge in [-0.25, -0.2) is 0 Å². The first-order valence-corrected chi connectivity index (χ1v) is 5.56. The first-order valence-electron chi connectivity index (χ1n) is 5.56. The number of hydrogen-bond acceptors (Lipinski definition) is 4. The summed E-state index contributed by atoms with van der Waals surface area (Å²) >= 11 is 0. The van der Waals surface area contributed by atoms with Crippen molar-refractivity contribution in [3.8, 4) is 11.5 Å². The molecule has 0 aliphatic rings. The molecule has 0 saturated heterocycles. The molecule has 0 amide bonds. The number of aromatic hydroxyl groups is 1. The molecule has 0 heterocycles. The second-order valence-electron chi connectivity index (χ2n) is 4.55. The molecule has 0 aliphatic carbocycles. The lowest BCUT2D eigenvalue weighted by molar-refractivity contribution is 0.111. The molecule has 1 N–H and O–H groups in total. The van der Waals surface area contributed by atoms with Gasteiger partial charge in [0.15, 0.2) is 17.8 Å². The van der Waals surface area contributed by atoms with Gasteiger partial charge in [-0.1, -0.05) is 0 Å². The monoisotopic (exact) mass is 237 g/mol. The smallest absolute Gasteiger partial charge is 0.168 e. The number of nitrogens with zero attached hydrogens (tertiary/aromatic N) is 1. The highest BCUT2D eigenvalue weighted by atomic mass is 16.5. The zero-order valence-corrected chi connectivity index (χ0v) is 10.7. The molecule has 0 saturated carbocycles. The first-order chi connectivity index (χ1) is 7.93. The number of phenols is 1. The van der Waals surface area contributed by atoms with E-state index < -0.39 is 0 Å². The summed E-state index contributed by atoms with van der Waals surface area (Å²) in [5.41, 5.74) is 1.20. The molecule has 0 aromatic heterocycles. The van der Waals surface area contributed by atoms with Crippen molar-refractivity contribution in [3.05, 3.63) is 23.3 Å². The minimum Gasteiger partial charge on any atom is -0.504 e. The maximum Gasteiger partial charge on any atom is 0.168 e. The van der Waals surface area contributed by atoms with Crippen LogP contribution in [-0.2, 0) is 6.54 Å². The zero-order chi connectivity index (χ0) is 13.0. The van der Waals surface area contributed by atoms with E-state index in [1.165, 1.54) is 0 Å². The van der Waals surface area contributed by atoms with E-state index >= 15 is 0 Å². The lowest BCUT2D eigenvalue weighted by Crippen LogP contribution is -2.12. The summed E-state index contributed by atoms with van der Waals surface area (Å²) in [6.45, 7) is 4.44. The number of hydrogen-bond donors (Lipinski definition) is 1. The number of rotatable bonds is 5. The second kappa shape index (κ2) is 5.68. The van der Waals surface area contributed by atoms with E-state index in [0.717, 1.165) is 5.56 Å². The Bertz CT molecular complexity index is 400. The largest absolute Gasteiger partial charge is 0.504 e. The van der Waals surface area contributed by atoms with Gasteiger partial charge in [-0.05, 0) is 45.6 Å². The highest BCUT2D eigenvalue weighted by Gasteiger charge is 2.12. The lowest BCUT2D eigenvalue weighted by atomic mass is 10.1. The summed E-state index contributed by atoms with van der Waals surface area (Å²) in [6, 6.07) is 3.44. The van der Waals surface area contributed by atoms with E-state index in [0.29, 0.717) is 18.6 Å². The van der Waals surface area contributed by atoms with E-state index in [9.17, 15) is 9.90 Å². The summed E-state index contributed by atoms with van der Waals surface area (Å²) in [7, 11) is 3.88. The number of benzene rings is 1. The van der Waals surface area contributed by atoms with Gasteiger partial charge < -0.3 is 14.7 Å². The Hall–Kier alpha value is -1.55. The Morgan fingerprint density at radius 1 is 1.41 bits per heavy atom. The van der Waals surface area contributed by atoms with E-state index in [1.807, 2.05) is 32.8 Å². The third kappa shape index (κ3) is 3.75. The van der Waals surface area contributed by atoms with Crippen LogP contribution < -0.4 is 4.74 Å². The Morgan fingerprint density at radius 3 is 2.53 bits per heavy atom. The number of carbonyl (C=O) groups is 1. The van der Waals surface area contributed by atoms with Gasteiger partial charge >= 0.3 is 0 Å². The molecule has 17 heavy (non-hydrogen) atoms. The zero-order valence-electron chi connectivity index (χ0n) is 10.7. The minimum atomic E-state index is -0.0868. The van der Waals surface area contributed by atoms with Crippen LogP contribution in [-0.4, -0.2) is 36.5 Å². The molecule has 0 radical (unpaired) electrons. The molecule has 4 heteroatoms. The van der Waals surface area contributed by atoms with Crippen LogP contribution >= 0.6 is 0 Å². The van der Waals surface area contributed by atoms with Crippen LogP contribution in [0, 0.1) is 0 Å². The number of phenolic OH excluding ortho intramolecular Hbond substituents is 1. The predicted molar refractivity (Wildman–Crippen MR) is 66.6 cm³/mol. The fourth-order valence-electron chi connectivity index (χ4n) is 1.58. The van der Waals surface area contributed by atoms with Crippen molar-refractivity contribution < 1.29 is 14.6 Å². The minimum absolute atomic E-state index is 0.0463. The molecule has 0 spiro atoms. The first kappa shape index (κ1) is 13.5. The average molecular weight is 237 g/mol. The van der Waals surface area contributed by atoms with Crippen molar-refractivity contribution in [2.24, 2.45) is 0 Å². The van der Waals surface area contributed by atoms with Gasteiger partial charge in [0.1, 0.15) is 0 Å². The van der Waals surface area contributed by atoms with Crippen molar-refractivity contribution in [2.75, 3.05) is 14.1 Å². The molecule has 0 atom stereocenters. The molecule has 0 aliphatic heterocycles. The van der Waals surface area contributed by atoms with Gasteiger partial charge in [0.05, 0.1) is 11.7 Å². The van der Waals surface area contributed by atoms with Crippen molar-refractivity contribution in [3.63, 3.8) is 0 Å². The number of carbonyl (C=O) groups excluding carboxylic acids is 1.